The standard InChI is InChI=1S/C29H29N5O3/c1-5-37-26-10-18(4)33-28(35)22(26)15-31-29(36)25-13-20(12-24-27(17(2)3)32-16-34(24)25)21-11-19-8-6-7-9-23(19)30-14-21/h6-14,16-17H,5,15H2,1-4H3,(H,31,36)(H,33,35). The first-order chi connectivity index (χ1) is 17.9. The van der Waals surface area contributed by atoms with Crippen LogP contribution in [0.1, 0.15) is 54.1 Å². The second-order valence-electron chi connectivity index (χ2n) is 9.33. The summed E-state index contributed by atoms with van der Waals surface area (Å²) in [5, 5.41) is 3.93. The molecule has 0 spiro atoms. The van der Waals surface area contributed by atoms with Crippen LogP contribution >= 0.6 is 0 Å². The molecule has 0 unspecified atom stereocenters. The molecule has 8 heteroatoms. The number of ether oxygens (including phenoxy) is 1. The van der Waals surface area contributed by atoms with E-state index in [-0.39, 0.29) is 23.9 Å². The Hall–Kier alpha value is -4.46. The van der Waals surface area contributed by atoms with Gasteiger partial charge in [-0.2, -0.15) is 0 Å². The molecule has 0 saturated carbocycles. The number of imidazole rings is 1. The quantitative estimate of drug-likeness (QED) is 0.331. The van der Waals surface area contributed by atoms with E-state index in [0.717, 1.165) is 33.2 Å². The zero-order chi connectivity index (χ0) is 26.1. The summed E-state index contributed by atoms with van der Waals surface area (Å²) in [7, 11) is 0. The Morgan fingerprint density at radius 1 is 1.11 bits per heavy atom. The van der Waals surface area contributed by atoms with Gasteiger partial charge in [0.2, 0.25) is 0 Å². The van der Waals surface area contributed by atoms with Gasteiger partial charge in [-0.25, -0.2) is 4.98 Å². The molecule has 0 saturated heterocycles. The van der Waals surface area contributed by atoms with Gasteiger partial charge >= 0.3 is 0 Å². The third-order valence-electron chi connectivity index (χ3n) is 6.34. The van der Waals surface area contributed by atoms with Crippen LogP contribution in [0, 0.1) is 6.92 Å². The largest absolute Gasteiger partial charge is 0.493 e. The number of benzene rings is 1. The lowest BCUT2D eigenvalue weighted by Gasteiger charge is -2.14. The number of para-hydroxylation sites is 1. The number of aromatic nitrogens is 4. The molecule has 5 rings (SSSR count). The number of H-pyrrole nitrogens is 1. The summed E-state index contributed by atoms with van der Waals surface area (Å²) in [6, 6.07) is 15.6. The fourth-order valence-electron chi connectivity index (χ4n) is 4.53. The fraction of sp³-hybridized carbons (Fsp3) is 0.241. The molecule has 37 heavy (non-hydrogen) atoms. The molecule has 188 valence electrons. The average Bonchev–Trinajstić information content (AvgIpc) is 3.32. The monoisotopic (exact) mass is 495 g/mol. The summed E-state index contributed by atoms with van der Waals surface area (Å²) >= 11 is 0. The third-order valence-corrected chi connectivity index (χ3v) is 6.34. The van der Waals surface area contributed by atoms with Gasteiger partial charge in [0.1, 0.15) is 17.8 Å². The van der Waals surface area contributed by atoms with E-state index in [9.17, 15) is 9.59 Å². The normalized spacial score (nSPS) is 11.4. The summed E-state index contributed by atoms with van der Waals surface area (Å²) in [5.41, 5.74) is 5.64. The Morgan fingerprint density at radius 3 is 2.70 bits per heavy atom. The number of nitrogens with zero attached hydrogens (tertiary/aromatic N) is 3. The minimum Gasteiger partial charge on any atom is -0.493 e. The molecule has 4 aromatic heterocycles. The highest BCUT2D eigenvalue weighted by atomic mass is 16.5. The maximum absolute atomic E-state index is 13.5. The number of aromatic amines is 1. The van der Waals surface area contributed by atoms with Gasteiger partial charge in [0.05, 0.1) is 35.4 Å². The van der Waals surface area contributed by atoms with Gasteiger partial charge in [-0.15, -0.1) is 0 Å². The number of amides is 1. The molecule has 0 atom stereocenters. The minimum atomic E-state index is -0.323. The van der Waals surface area contributed by atoms with Crippen LogP contribution < -0.4 is 15.6 Å². The molecular weight excluding hydrogens is 466 g/mol. The van der Waals surface area contributed by atoms with Crippen molar-refractivity contribution in [1.29, 1.82) is 0 Å². The van der Waals surface area contributed by atoms with Gasteiger partial charge in [-0.1, -0.05) is 32.0 Å². The lowest BCUT2D eigenvalue weighted by molar-refractivity contribution is 0.0944. The second-order valence-corrected chi connectivity index (χ2v) is 9.33. The lowest BCUT2D eigenvalue weighted by atomic mass is 10.0. The van der Waals surface area contributed by atoms with Crippen LogP contribution in [0.25, 0.3) is 27.5 Å². The summed E-state index contributed by atoms with van der Waals surface area (Å²) in [6.07, 6.45) is 3.49. The molecule has 4 heterocycles. The van der Waals surface area contributed by atoms with Crippen molar-refractivity contribution in [3.8, 4) is 16.9 Å². The van der Waals surface area contributed by atoms with Gasteiger partial charge in [-0.05, 0) is 55.7 Å². The molecule has 0 aliphatic carbocycles. The summed E-state index contributed by atoms with van der Waals surface area (Å²) in [4.78, 5) is 38.1. The van der Waals surface area contributed by atoms with Crippen LogP contribution in [0.5, 0.6) is 5.75 Å². The molecule has 8 nitrogen and oxygen atoms in total. The molecule has 1 amide bonds. The summed E-state index contributed by atoms with van der Waals surface area (Å²) < 4.78 is 7.45. The van der Waals surface area contributed by atoms with Crippen molar-refractivity contribution in [3.05, 3.63) is 94.1 Å². The number of nitrogens with one attached hydrogen (secondary N) is 2. The van der Waals surface area contributed by atoms with Gasteiger partial charge in [0.25, 0.3) is 11.5 Å². The lowest BCUT2D eigenvalue weighted by Crippen LogP contribution is -2.29. The van der Waals surface area contributed by atoms with Crippen LogP contribution in [0.15, 0.2) is 65.8 Å². The number of hydrogen-bond donors (Lipinski definition) is 2. The average molecular weight is 496 g/mol. The smallest absolute Gasteiger partial charge is 0.268 e. The van der Waals surface area contributed by atoms with E-state index < -0.39 is 0 Å². The first-order valence-corrected chi connectivity index (χ1v) is 12.4. The highest BCUT2D eigenvalue weighted by Crippen LogP contribution is 2.29. The number of rotatable bonds is 7. The first kappa shape index (κ1) is 24.2. The van der Waals surface area contributed by atoms with Gasteiger partial charge in [0, 0.05) is 22.8 Å². The van der Waals surface area contributed by atoms with Gasteiger partial charge in [0.15, 0.2) is 0 Å². The number of fused-ring (bicyclic) bond motifs is 2. The summed E-state index contributed by atoms with van der Waals surface area (Å²) in [6.45, 7) is 8.24. The molecule has 0 fully saturated rings. The van der Waals surface area contributed by atoms with Crippen molar-refractivity contribution in [3.63, 3.8) is 0 Å². The van der Waals surface area contributed by atoms with Crippen molar-refractivity contribution in [2.45, 2.75) is 40.2 Å². The number of aryl methyl sites for hydroxylation is 1. The van der Waals surface area contributed by atoms with E-state index >= 15 is 0 Å². The van der Waals surface area contributed by atoms with Crippen molar-refractivity contribution < 1.29 is 9.53 Å². The van der Waals surface area contributed by atoms with Crippen LogP contribution in [0.4, 0.5) is 0 Å². The Kier molecular flexibility index (Phi) is 6.48. The zero-order valence-corrected chi connectivity index (χ0v) is 21.3. The Balaban J connectivity index is 1.56. The molecule has 2 N–H and O–H groups in total. The second kappa shape index (κ2) is 9.89. The van der Waals surface area contributed by atoms with E-state index in [1.807, 2.05) is 49.5 Å². The van der Waals surface area contributed by atoms with Gasteiger partial charge in [-0.3, -0.25) is 19.0 Å². The number of pyridine rings is 3. The number of hydrogen-bond acceptors (Lipinski definition) is 5. The predicted octanol–water partition coefficient (Wildman–Crippen LogP) is 5.00. The van der Waals surface area contributed by atoms with E-state index in [1.54, 1.807) is 23.7 Å². The highest BCUT2D eigenvalue weighted by molar-refractivity contribution is 5.96. The van der Waals surface area contributed by atoms with Crippen LogP contribution in [-0.2, 0) is 6.54 Å². The number of carbonyl (C=O) groups is 1. The Bertz CT molecular complexity index is 1680. The van der Waals surface area contributed by atoms with Crippen molar-refractivity contribution in [2.24, 2.45) is 0 Å². The highest BCUT2D eigenvalue weighted by Gasteiger charge is 2.19. The molecule has 0 bridgehead atoms. The van der Waals surface area contributed by atoms with Crippen LogP contribution in [-0.4, -0.2) is 31.9 Å². The van der Waals surface area contributed by atoms with Crippen molar-refractivity contribution >= 4 is 22.3 Å². The topological polar surface area (TPSA) is 101 Å². The molecule has 0 radical (unpaired) electrons. The molecule has 5 aromatic rings. The molecule has 0 aliphatic heterocycles. The maximum atomic E-state index is 13.5. The molecule has 1 aromatic carbocycles. The predicted molar refractivity (Wildman–Crippen MR) is 144 cm³/mol. The Morgan fingerprint density at radius 2 is 1.92 bits per heavy atom. The van der Waals surface area contributed by atoms with E-state index in [1.165, 1.54) is 0 Å². The maximum Gasteiger partial charge on any atom is 0.268 e. The van der Waals surface area contributed by atoms with E-state index in [0.29, 0.717) is 29.3 Å². The molecule has 0 aliphatic rings. The van der Waals surface area contributed by atoms with E-state index in [2.05, 4.69) is 40.2 Å². The molecular formula is C29H29N5O3. The van der Waals surface area contributed by atoms with Crippen molar-refractivity contribution in [1.82, 2.24) is 24.7 Å². The van der Waals surface area contributed by atoms with Crippen LogP contribution in [0.3, 0.4) is 0 Å². The van der Waals surface area contributed by atoms with Crippen molar-refractivity contribution in [2.75, 3.05) is 6.61 Å². The minimum absolute atomic E-state index is 0.0266. The van der Waals surface area contributed by atoms with Gasteiger partial charge < -0.3 is 15.0 Å². The SMILES string of the molecule is CCOc1cc(C)[nH]c(=O)c1CNC(=O)c1cc(-c2cnc3ccccc3c2)cc2c(C(C)C)ncn12. The first-order valence-electron chi connectivity index (χ1n) is 12.4. The van der Waals surface area contributed by atoms with Crippen LogP contribution in [0.2, 0.25) is 0 Å². The summed E-state index contributed by atoms with van der Waals surface area (Å²) in [5.74, 6) is 0.316. The Labute approximate surface area is 214 Å². The fourth-order valence-corrected chi connectivity index (χ4v) is 4.53. The van der Waals surface area contributed by atoms with E-state index in [4.69, 9.17) is 4.74 Å². The third kappa shape index (κ3) is 4.70. The zero-order valence-electron chi connectivity index (χ0n) is 21.3. The number of carbonyl (C=O) groups excluding carboxylic acids is 1.